The van der Waals surface area contributed by atoms with Crippen LogP contribution >= 0.6 is 27.3 Å². The summed E-state index contributed by atoms with van der Waals surface area (Å²) in [7, 11) is 0. The minimum Gasteiger partial charge on any atom is -0.507 e. The van der Waals surface area contributed by atoms with Crippen molar-refractivity contribution in [2.45, 2.75) is 64.7 Å². The number of carbonyl (C=O) groups excluding carboxylic acids is 1. The van der Waals surface area contributed by atoms with Gasteiger partial charge in [0.1, 0.15) is 5.75 Å². The number of oxime groups is 1. The molecule has 0 spiro atoms. The van der Waals surface area contributed by atoms with Crippen LogP contribution in [0.1, 0.15) is 67.4 Å². The lowest BCUT2D eigenvalue weighted by Gasteiger charge is -2.50. The smallest absolute Gasteiger partial charge is 0.226 e. The third-order valence-corrected chi connectivity index (χ3v) is 9.86. The van der Waals surface area contributed by atoms with Crippen LogP contribution in [0.4, 0.5) is 5.13 Å². The molecule has 3 aliphatic carbocycles. The number of nitrogens with one attached hydrogen (secondary N) is 1. The zero-order valence-electron chi connectivity index (χ0n) is 19.0. The molecule has 5 atom stereocenters. The van der Waals surface area contributed by atoms with Crippen LogP contribution in [0.3, 0.4) is 0 Å². The molecule has 0 aliphatic heterocycles. The van der Waals surface area contributed by atoms with E-state index < -0.39 is 0 Å². The second kappa shape index (κ2) is 8.69. The molecule has 3 aliphatic rings. The van der Waals surface area contributed by atoms with Crippen molar-refractivity contribution in [3.8, 4) is 5.75 Å². The summed E-state index contributed by atoms with van der Waals surface area (Å²) in [6.45, 7) is 4.24. The Morgan fingerprint density at radius 1 is 1.39 bits per heavy atom. The fourth-order valence-corrected chi connectivity index (χ4v) is 8.03. The van der Waals surface area contributed by atoms with Crippen LogP contribution in [0.15, 0.2) is 28.0 Å². The molecule has 1 heterocycles. The van der Waals surface area contributed by atoms with E-state index in [0.29, 0.717) is 41.0 Å². The number of anilines is 1. The summed E-state index contributed by atoms with van der Waals surface area (Å²) in [6, 6.07) is 4.03. The van der Waals surface area contributed by atoms with Crippen molar-refractivity contribution in [2.24, 2.45) is 28.3 Å². The highest BCUT2D eigenvalue weighted by Crippen LogP contribution is 2.62. The second-order valence-electron chi connectivity index (χ2n) is 10.2. The van der Waals surface area contributed by atoms with Gasteiger partial charge in [0, 0.05) is 22.9 Å². The number of rotatable bonds is 4. The largest absolute Gasteiger partial charge is 0.507 e. The summed E-state index contributed by atoms with van der Waals surface area (Å²) < 4.78 is 0.755. The van der Waals surface area contributed by atoms with Crippen LogP contribution in [0.25, 0.3) is 0 Å². The van der Waals surface area contributed by atoms with Crippen LogP contribution in [-0.2, 0) is 11.2 Å². The minimum absolute atomic E-state index is 0.00111. The molecule has 2 fully saturated rings. The lowest BCUT2D eigenvalue weighted by Crippen LogP contribution is -2.44. The maximum Gasteiger partial charge on any atom is 0.226 e. The Morgan fingerprint density at radius 2 is 2.21 bits per heavy atom. The Bertz CT molecular complexity index is 1120. The Hall–Kier alpha value is -1.93. The number of nitrogens with zero attached hydrogens (tertiary/aromatic N) is 2. The van der Waals surface area contributed by atoms with E-state index >= 15 is 0 Å². The van der Waals surface area contributed by atoms with Gasteiger partial charge in [0.25, 0.3) is 0 Å². The number of aryl methyl sites for hydroxylation is 2. The third kappa shape index (κ3) is 3.99. The summed E-state index contributed by atoms with van der Waals surface area (Å²) in [6.07, 6.45) is 7.82. The van der Waals surface area contributed by atoms with Crippen molar-refractivity contribution in [1.29, 1.82) is 0 Å². The molecule has 33 heavy (non-hydrogen) atoms. The molecule has 1 amide bonds. The monoisotopic (exact) mass is 531 g/mol. The van der Waals surface area contributed by atoms with Gasteiger partial charge in [-0.1, -0.05) is 12.1 Å². The Morgan fingerprint density at radius 3 is 2.94 bits per heavy atom. The molecular formula is C25H30BrN3O3S. The van der Waals surface area contributed by atoms with E-state index in [2.05, 4.69) is 44.4 Å². The first kappa shape index (κ1) is 22.8. The summed E-state index contributed by atoms with van der Waals surface area (Å²) in [5, 5.41) is 27.4. The second-order valence-corrected chi connectivity index (χ2v) is 12.3. The normalized spacial score (nSPS) is 31.7. The molecular weight excluding hydrogens is 502 g/mol. The number of phenols is 1. The molecule has 1 aromatic carbocycles. The van der Waals surface area contributed by atoms with E-state index in [-0.39, 0.29) is 11.3 Å². The number of amides is 1. The Labute approximate surface area is 206 Å². The number of hydrogen-bond acceptors (Lipinski definition) is 6. The van der Waals surface area contributed by atoms with Gasteiger partial charge in [0.15, 0.2) is 5.13 Å². The van der Waals surface area contributed by atoms with Gasteiger partial charge >= 0.3 is 0 Å². The van der Waals surface area contributed by atoms with E-state index in [1.54, 1.807) is 6.20 Å². The first-order valence-electron chi connectivity index (χ1n) is 11.7. The van der Waals surface area contributed by atoms with Crippen molar-refractivity contribution in [3.63, 3.8) is 0 Å². The van der Waals surface area contributed by atoms with E-state index in [1.807, 2.05) is 13.0 Å². The summed E-state index contributed by atoms with van der Waals surface area (Å²) in [5.41, 5.74) is 3.40. The molecule has 176 valence electrons. The molecule has 0 radical (unpaired) electrons. The zero-order chi connectivity index (χ0) is 23.3. The fraction of sp³-hybridized carbons (Fsp3) is 0.560. The molecule has 5 rings (SSSR count). The summed E-state index contributed by atoms with van der Waals surface area (Å²) in [4.78, 5) is 17.9. The number of hydrogen-bond donors (Lipinski definition) is 3. The van der Waals surface area contributed by atoms with Gasteiger partial charge < -0.3 is 15.6 Å². The Kier molecular flexibility index (Phi) is 6.02. The van der Waals surface area contributed by atoms with Crippen LogP contribution in [0, 0.1) is 30.1 Å². The van der Waals surface area contributed by atoms with E-state index in [0.717, 1.165) is 53.6 Å². The van der Waals surface area contributed by atoms with Gasteiger partial charge in [-0.05, 0) is 108 Å². The van der Waals surface area contributed by atoms with Crippen LogP contribution in [-0.4, -0.2) is 26.9 Å². The number of fused-ring (bicyclic) bond motifs is 5. The summed E-state index contributed by atoms with van der Waals surface area (Å²) in [5.74, 6) is 1.94. The van der Waals surface area contributed by atoms with E-state index in [1.165, 1.54) is 22.5 Å². The van der Waals surface area contributed by atoms with Gasteiger partial charge in [0.05, 0.1) is 10.2 Å². The number of carbonyl (C=O) groups is 1. The number of phenolic OH excluding ortho intramolecular Hbond substituents is 1. The maximum atomic E-state index is 12.6. The van der Waals surface area contributed by atoms with Gasteiger partial charge in [-0.25, -0.2) is 4.98 Å². The standard InChI is InChI=1S/C25H30BrN3O3S/c1-13-12-27-24(33-13)28-22(31)6-4-15-10-21(29-32)25(2)8-7-16-17(23(15)25)5-3-14-9-20(30)19(26)11-18(14)16/h9,11-12,15-17,23,30,32H,3-8,10H2,1-2H3,(H,27,28,31)/t15-,16?,17?,23?,25-/m1/s1. The Balaban J connectivity index is 1.37. The molecule has 0 saturated heterocycles. The average Bonchev–Trinajstić information content (AvgIpc) is 3.32. The van der Waals surface area contributed by atoms with Crippen molar-refractivity contribution in [1.82, 2.24) is 4.98 Å². The minimum atomic E-state index is -0.116. The van der Waals surface area contributed by atoms with Crippen molar-refractivity contribution < 1.29 is 15.1 Å². The lowest BCUT2D eigenvalue weighted by molar-refractivity contribution is -0.116. The molecule has 8 heteroatoms. The molecule has 2 aromatic rings. The molecule has 3 unspecified atom stereocenters. The molecule has 6 nitrogen and oxygen atoms in total. The lowest BCUT2D eigenvalue weighted by atomic mass is 9.54. The number of halogens is 1. The van der Waals surface area contributed by atoms with Crippen molar-refractivity contribution in [2.75, 3.05) is 5.32 Å². The van der Waals surface area contributed by atoms with Crippen LogP contribution in [0.5, 0.6) is 5.75 Å². The average molecular weight is 533 g/mol. The molecule has 3 N–H and O–H groups in total. The molecule has 2 saturated carbocycles. The third-order valence-electron chi connectivity index (χ3n) is 8.40. The predicted molar refractivity (Wildman–Crippen MR) is 133 cm³/mol. The maximum absolute atomic E-state index is 12.6. The first-order chi connectivity index (χ1) is 15.8. The fourth-order valence-electron chi connectivity index (χ4n) is 6.99. The van der Waals surface area contributed by atoms with Crippen LogP contribution < -0.4 is 5.32 Å². The molecule has 1 aromatic heterocycles. The first-order valence-corrected chi connectivity index (χ1v) is 13.4. The van der Waals surface area contributed by atoms with Crippen molar-refractivity contribution >= 4 is 44.0 Å². The predicted octanol–water partition coefficient (Wildman–Crippen LogP) is 6.25. The quantitative estimate of drug-likeness (QED) is 0.321. The van der Waals surface area contributed by atoms with Gasteiger partial charge in [-0.3, -0.25) is 4.79 Å². The number of aromatic nitrogens is 1. The highest BCUT2D eigenvalue weighted by atomic mass is 79.9. The van der Waals surface area contributed by atoms with Gasteiger partial charge in [-0.2, -0.15) is 0 Å². The highest BCUT2D eigenvalue weighted by molar-refractivity contribution is 9.10. The summed E-state index contributed by atoms with van der Waals surface area (Å²) >= 11 is 5.00. The van der Waals surface area contributed by atoms with E-state index in [9.17, 15) is 15.1 Å². The number of thiazole rings is 1. The van der Waals surface area contributed by atoms with Gasteiger partial charge in [0.2, 0.25) is 5.91 Å². The topological polar surface area (TPSA) is 94.8 Å². The van der Waals surface area contributed by atoms with Gasteiger partial charge in [-0.15, -0.1) is 11.3 Å². The SMILES string of the molecule is Cc1cnc(NC(=O)CC[C@@H]2CC(=NO)[C@@]3(C)CCC4c5cc(Br)c(O)cc5CCC4C23)s1. The molecule has 0 bridgehead atoms. The van der Waals surface area contributed by atoms with E-state index in [4.69, 9.17) is 0 Å². The van der Waals surface area contributed by atoms with Crippen LogP contribution in [0.2, 0.25) is 0 Å². The highest BCUT2D eigenvalue weighted by Gasteiger charge is 2.57. The van der Waals surface area contributed by atoms with Crippen molar-refractivity contribution in [3.05, 3.63) is 38.8 Å². The number of aromatic hydroxyl groups is 1. The zero-order valence-corrected chi connectivity index (χ0v) is 21.4. The number of benzene rings is 1.